The van der Waals surface area contributed by atoms with Crippen LogP contribution in [0.15, 0.2) is 24.4 Å². The summed E-state index contributed by atoms with van der Waals surface area (Å²) in [6.07, 6.45) is 3.70. The van der Waals surface area contributed by atoms with E-state index in [1.165, 1.54) is 0 Å². The lowest BCUT2D eigenvalue weighted by atomic mass is 9.90. The Labute approximate surface area is 113 Å². The average Bonchev–Trinajstić information content (AvgIpc) is 2.46. The molecule has 0 radical (unpaired) electrons. The van der Waals surface area contributed by atoms with Crippen molar-refractivity contribution >= 4 is 5.91 Å². The smallest absolute Gasteiger partial charge is 0.242 e. The van der Waals surface area contributed by atoms with E-state index in [1.807, 2.05) is 18.2 Å². The van der Waals surface area contributed by atoms with E-state index in [9.17, 15) is 4.79 Å². The summed E-state index contributed by atoms with van der Waals surface area (Å²) >= 11 is 0. The highest BCUT2D eigenvalue weighted by Gasteiger charge is 2.37. The lowest BCUT2D eigenvalue weighted by molar-refractivity contribution is -0.139. The van der Waals surface area contributed by atoms with Crippen LogP contribution < -0.4 is 5.73 Å². The van der Waals surface area contributed by atoms with Crippen LogP contribution in [-0.2, 0) is 16.0 Å². The highest BCUT2D eigenvalue weighted by Crippen LogP contribution is 2.20. The summed E-state index contributed by atoms with van der Waals surface area (Å²) in [4.78, 5) is 18.3. The average molecular weight is 263 g/mol. The first-order valence-corrected chi connectivity index (χ1v) is 6.64. The minimum Gasteiger partial charge on any atom is -0.381 e. The van der Waals surface area contributed by atoms with Crippen LogP contribution in [0.1, 0.15) is 18.5 Å². The first kappa shape index (κ1) is 14.0. The molecule has 0 aliphatic carbocycles. The second kappa shape index (κ2) is 6.12. The second-order valence-electron chi connectivity index (χ2n) is 5.07. The molecule has 2 rings (SSSR count). The third kappa shape index (κ3) is 3.52. The van der Waals surface area contributed by atoms with E-state index in [4.69, 9.17) is 10.5 Å². The van der Waals surface area contributed by atoms with Crippen molar-refractivity contribution < 1.29 is 9.53 Å². The Morgan fingerprint density at radius 1 is 1.47 bits per heavy atom. The molecule has 0 saturated carbocycles. The van der Waals surface area contributed by atoms with Gasteiger partial charge < -0.3 is 15.4 Å². The Balaban J connectivity index is 1.88. The minimum absolute atomic E-state index is 0.00623. The maximum Gasteiger partial charge on any atom is 0.242 e. The Morgan fingerprint density at radius 3 is 2.84 bits per heavy atom. The molecule has 1 fully saturated rings. The number of carbonyl (C=O) groups excluding carboxylic acids is 1. The zero-order chi connectivity index (χ0) is 13.7. The largest absolute Gasteiger partial charge is 0.381 e. The Bertz CT molecular complexity index is 416. The zero-order valence-corrected chi connectivity index (χ0v) is 11.3. The van der Waals surface area contributed by atoms with Gasteiger partial charge in [0.25, 0.3) is 0 Å². The molecule has 1 aliphatic rings. The number of carbonyl (C=O) groups is 1. The van der Waals surface area contributed by atoms with Crippen LogP contribution in [0.2, 0.25) is 0 Å². The van der Waals surface area contributed by atoms with Crippen LogP contribution >= 0.6 is 0 Å². The molecule has 0 spiro atoms. The summed E-state index contributed by atoms with van der Waals surface area (Å²) in [6, 6.07) is 5.80. The normalized spacial score (nSPS) is 18.0. The van der Waals surface area contributed by atoms with Gasteiger partial charge in [-0.2, -0.15) is 0 Å². The van der Waals surface area contributed by atoms with Crippen molar-refractivity contribution in [3.63, 3.8) is 0 Å². The van der Waals surface area contributed by atoms with E-state index in [2.05, 4.69) is 4.98 Å². The van der Waals surface area contributed by atoms with E-state index in [-0.39, 0.29) is 5.91 Å². The zero-order valence-electron chi connectivity index (χ0n) is 11.3. The van der Waals surface area contributed by atoms with Crippen molar-refractivity contribution in [2.45, 2.75) is 24.8 Å². The SMILES string of the molecule is CN(CCc1ccccn1)C(=O)C1(N)CCOCC1. The van der Waals surface area contributed by atoms with Crippen LogP contribution in [0.5, 0.6) is 0 Å². The fourth-order valence-electron chi connectivity index (χ4n) is 2.26. The number of aromatic nitrogens is 1. The summed E-state index contributed by atoms with van der Waals surface area (Å²) in [5.74, 6) is 0.00623. The number of nitrogens with two attached hydrogens (primary N) is 1. The van der Waals surface area contributed by atoms with Gasteiger partial charge in [0, 0.05) is 45.1 Å². The standard InChI is InChI=1S/C14H21N3O2/c1-17(9-5-12-4-2-3-8-16-12)13(18)14(15)6-10-19-11-7-14/h2-4,8H,5-7,9-11,15H2,1H3. The first-order valence-electron chi connectivity index (χ1n) is 6.64. The van der Waals surface area contributed by atoms with E-state index < -0.39 is 5.54 Å². The number of nitrogens with zero attached hydrogens (tertiary/aromatic N) is 2. The summed E-state index contributed by atoms with van der Waals surface area (Å²) in [5, 5.41) is 0. The third-order valence-corrected chi connectivity index (χ3v) is 3.59. The van der Waals surface area contributed by atoms with Crippen LogP contribution in [0.4, 0.5) is 0 Å². The molecular formula is C14H21N3O2. The van der Waals surface area contributed by atoms with E-state index in [0.717, 1.165) is 12.1 Å². The van der Waals surface area contributed by atoms with E-state index in [1.54, 1.807) is 18.1 Å². The fourth-order valence-corrected chi connectivity index (χ4v) is 2.26. The summed E-state index contributed by atoms with van der Waals surface area (Å²) < 4.78 is 5.26. The molecular weight excluding hydrogens is 242 g/mol. The molecule has 0 unspecified atom stereocenters. The molecule has 1 amide bonds. The van der Waals surface area contributed by atoms with E-state index >= 15 is 0 Å². The molecule has 2 N–H and O–H groups in total. The van der Waals surface area contributed by atoms with Crippen molar-refractivity contribution in [1.82, 2.24) is 9.88 Å². The van der Waals surface area contributed by atoms with Gasteiger partial charge >= 0.3 is 0 Å². The fraction of sp³-hybridized carbons (Fsp3) is 0.571. The molecule has 0 bridgehead atoms. The number of hydrogen-bond donors (Lipinski definition) is 1. The monoisotopic (exact) mass is 263 g/mol. The van der Waals surface area contributed by atoms with Crippen LogP contribution in [0.25, 0.3) is 0 Å². The molecule has 19 heavy (non-hydrogen) atoms. The Hall–Kier alpha value is -1.46. The molecule has 0 atom stereocenters. The molecule has 104 valence electrons. The summed E-state index contributed by atoms with van der Waals surface area (Å²) in [7, 11) is 1.80. The predicted octanol–water partition coefficient (Wildman–Crippen LogP) is 0.590. The molecule has 1 aromatic heterocycles. The van der Waals surface area contributed by atoms with E-state index in [0.29, 0.717) is 32.6 Å². The third-order valence-electron chi connectivity index (χ3n) is 3.59. The van der Waals surface area contributed by atoms with Gasteiger partial charge in [-0.05, 0) is 25.0 Å². The van der Waals surface area contributed by atoms with Crippen LogP contribution in [0.3, 0.4) is 0 Å². The van der Waals surface area contributed by atoms with Gasteiger partial charge in [0.1, 0.15) is 0 Å². The van der Waals surface area contributed by atoms with Crippen molar-refractivity contribution in [3.8, 4) is 0 Å². The van der Waals surface area contributed by atoms with Gasteiger partial charge in [-0.25, -0.2) is 0 Å². The molecule has 0 aromatic carbocycles. The molecule has 2 heterocycles. The topological polar surface area (TPSA) is 68.5 Å². The maximum atomic E-state index is 12.4. The number of hydrogen-bond acceptors (Lipinski definition) is 4. The number of likely N-dealkylation sites (N-methyl/N-ethyl adjacent to an activating group) is 1. The predicted molar refractivity (Wildman–Crippen MR) is 72.5 cm³/mol. The molecule has 5 nitrogen and oxygen atoms in total. The molecule has 1 aliphatic heterocycles. The van der Waals surface area contributed by atoms with Crippen molar-refractivity contribution in [3.05, 3.63) is 30.1 Å². The lowest BCUT2D eigenvalue weighted by Crippen LogP contribution is -2.57. The highest BCUT2D eigenvalue weighted by atomic mass is 16.5. The van der Waals surface area contributed by atoms with Gasteiger partial charge in [-0.1, -0.05) is 6.07 Å². The van der Waals surface area contributed by atoms with Gasteiger partial charge in [0.05, 0.1) is 5.54 Å². The number of rotatable bonds is 4. The maximum absolute atomic E-state index is 12.4. The quantitative estimate of drug-likeness (QED) is 0.863. The Morgan fingerprint density at radius 2 is 2.21 bits per heavy atom. The van der Waals surface area contributed by atoms with Gasteiger partial charge in [-0.3, -0.25) is 9.78 Å². The van der Waals surface area contributed by atoms with Crippen LogP contribution in [-0.4, -0.2) is 48.1 Å². The molecule has 1 aromatic rings. The van der Waals surface area contributed by atoms with Gasteiger partial charge in [-0.15, -0.1) is 0 Å². The summed E-state index contributed by atoms with van der Waals surface area (Å²) in [5.41, 5.74) is 6.42. The molecule has 1 saturated heterocycles. The van der Waals surface area contributed by atoms with Gasteiger partial charge in [0.15, 0.2) is 0 Å². The number of amides is 1. The second-order valence-corrected chi connectivity index (χ2v) is 5.07. The first-order chi connectivity index (χ1) is 9.12. The van der Waals surface area contributed by atoms with Crippen molar-refractivity contribution in [2.24, 2.45) is 5.73 Å². The number of ether oxygens (including phenoxy) is 1. The highest BCUT2D eigenvalue weighted by molar-refractivity contribution is 5.86. The van der Waals surface area contributed by atoms with Crippen LogP contribution in [0, 0.1) is 0 Å². The Kier molecular flexibility index (Phi) is 4.50. The summed E-state index contributed by atoms with van der Waals surface area (Å²) in [6.45, 7) is 1.77. The number of pyridine rings is 1. The van der Waals surface area contributed by atoms with Crippen molar-refractivity contribution in [1.29, 1.82) is 0 Å². The van der Waals surface area contributed by atoms with Crippen molar-refractivity contribution in [2.75, 3.05) is 26.8 Å². The van der Waals surface area contributed by atoms with Gasteiger partial charge in [0.2, 0.25) is 5.91 Å². The minimum atomic E-state index is -0.753. The lowest BCUT2D eigenvalue weighted by Gasteiger charge is -2.35. The molecule has 5 heteroatoms.